The minimum atomic E-state index is -0.368. The van der Waals surface area contributed by atoms with Gasteiger partial charge in [0.25, 0.3) is 0 Å². The predicted molar refractivity (Wildman–Crippen MR) is 139 cm³/mol. The molecule has 2 amide bonds. The van der Waals surface area contributed by atoms with Gasteiger partial charge in [-0.3, -0.25) is 9.48 Å². The van der Waals surface area contributed by atoms with E-state index < -0.39 is 0 Å². The molecule has 0 spiro atoms. The molecule has 0 saturated carbocycles. The lowest BCUT2D eigenvalue weighted by molar-refractivity contribution is 0.101. The molecule has 0 fully saturated rings. The number of methoxy groups -OCH3 is 1. The maximum Gasteiger partial charge on any atom is 0.318 e. The van der Waals surface area contributed by atoms with Gasteiger partial charge in [-0.05, 0) is 62.7 Å². The Morgan fingerprint density at radius 2 is 1.97 bits per heavy atom. The largest absolute Gasteiger partial charge is 0.497 e. The molecule has 0 unspecified atom stereocenters. The molecule has 9 heteroatoms. The van der Waals surface area contributed by atoms with Crippen LogP contribution >= 0.6 is 0 Å². The number of amides is 2. The number of urea groups is 1. The normalized spacial score (nSPS) is 13.7. The van der Waals surface area contributed by atoms with Crippen molar-refractivity contribution in [1.82, 2.24) is 20.1 Å². The molecule has 4 aromatic rings. The first kappa shape index (κ1) is 23.2. The van der Waals surface area contributed by atoms with Crippen LogP contribution in [0, 0.1) is 20.8 Å². The van der Waals surface area contributed by atoms with Crippen LogP contribution in [0.1, 0.15) is 32.9 Å². The molecule has 2 aromatic carbocycles. The minimum Gasteiger partial charge on any atom is -0.497 e. The molecule has 9 nitrogen and oxygen atoms in total. The number of fused-ring (bicyclic) bond motifs is 2. The zero-order valence-corrected chi connectivity index (χ0v) is 21.0. The number of rotatable bonds is 4. The summed E-state index contributed by atoms with van der Waals surface area (Å²) in [6.45, 7) is 5.99. The van der Waals surface area contributed by atoms with E-state index in [0.717, 1.165) is 50.4 Å². The molecule has 3 heterocycles. The van der Waals surface area contributed by atoms with Gasteiger partial charge in [-0.25, -0.2) is 4.79 Å². The number of anilines is 1. The third-order valence-electron chi connectivity index (χ3n) is 6.54. The molecule has 3 N–H and O–H groups in total. The van der Waals surface area contributed by atoms with Crippen molar-refractivity contribution >= 4 is 34.5 Å². The van der Waals surface area contributed by atoms with Crippen molar-refractivity contribution in [2.75, 3.05) is 19.5 Å². The zero-order valence-electron chi connectivity index (χ0n) is 21.0. The van der Waals surface area contributed by atoms with E-state index in [9.17, 15) is 9.59 Å². The number of aromatic nitrogens is 3. The molecular weight excluding hydrogens is 458 g/mol. The Bertz CT molecular complexity index is 1590. The smallest absolute Gasteiger partial charge is 0.318 e. The van der Waals surface area contributed by atoms with Crippen LogP contribution in [0.5, 0.6) is 11.5 Å². The third kappa shape index (κ3) is 3.69. The third-order valence-corrected chi connectivity index (χ3v) is 6.54. The first-order valence-electron chi connectivity index (χ1n) is 11.5. The summed E-state index contributed by atoms with van der Waals surface area (Å²) >= 11 is 0. The number of hydrogen-bond donors (Lipinski definition) is 3. The summed E-state index contributed by atoms with van der Waals surface area (Å²) < 4.78 is 13.4. The van der Waals surface area contributed by atoms with Gasteiger partial charge in [0.2, 0.25) is 5.78 Å². The van der Waals surface area contributed by atoms with Gasteiger partial charge in [-0.2, -0.15) is 5.10 Å². The summed E-state index contributed by atoms with van der Waals surface area (Å²) in [6.07, 6.45) is 1.77. The SMILES string of the molecule is CNC(=O)Nc1ccc2c(c1)C(=O)/C(=C/c1c(-c3c(C)nn(C)c3C)[nH]c3c(C)cc(OC)cc13)O2. The number of H-pyrrole nitrogens is 1. The monoisotopic (exact) mass is 485 g/mol. The van der Waals surface area contributed by atoms with Crippen LogP contribution in [0.15, 0.2) is 36.1 Å². The zero-order chi connectivity index (χ0) is 25.7. The van der Waals surface area contributed by atoms with Crippen molar-refractivity contribution in [3.63, 3.8) is 0 Å². The van der Waals surface area contributed by atoms with E-state index >= 15 is 0 Å². The highest BCUT2D eigenvalue weighted by atomic mass is 16.5. The van der Waals surface area contributed by atoms with Gasteiger partial charge < -0.3 is 25.1 Å². The molecular formula is C27H27N5O4. The maximum atomic E-state index is 13.4. The Labute approximate surface area is 208 Å². The Morgan fingerprint density at radius 1 is 1.19 bits per heavy atom. The first-order chi connectivity index (χ1) is 17.2. The first-order valence-corrected chi connectivity index (χ1v) is 11.5. The second kappa shape index (κ2) is 8.60. The van der Waals surface area contributed by atoms with Gasteiger partial charge in [0.05, 0.1) is 24.1 Å². The summed E-state index contributed by atoms with van der Waals surface area (Å²) in [7, 11) is 5.07. The standard InChI is InChI=1S/C27H27N5O4/c1-13-9-17(35-6)11-18-19(25(30-24(13)18)23-14(2)31-32(5)15(23)3)12-22-26(33)20-10-16(29-27(34)28-4)7-8-21(20)36-22/h7-12,30H,1-6H3,(H2,28,29,34)/b22-12-. The number of benzene rings is 2. The lowest BCUT2D eigenvalue weighted by atomic mass is 10.0. The fourth-order valence-corrected chi connectivity index (χ4v) is 4.65. The number of hydrogen-bond acceptors (Lipinski definition) is 5. The minimum absolute atomic E-state index is 0.198. The number of ketones is 1. The van der Waals surface area contributed by atoms with E-state index in [1.807, 2.05) is 44.6 Å². The second-order valence-corrected chi connectivity index (χ2v) is 8.80. The van der Waals surface area contributed by atoms with E-state index in [0.29, 0.717) is 17.0 Å². The number of aryl methyl sites for hydroxylation is 3. The summed E-state index contributed by atoms with van der Waals surface area (Å²) in [4.78, 5) is 28.6. The number of carbonyl (C=O) groups is 2. The number of ether oxygens (including phenoxy) is 2. The van der Waals surface area contributed by atoms with Crippen molar-refractivity contribution in [2.45, 2.75) is 20.8 Å². The molecule has 2 aromatic heterocycles. The molecule has 0 aliphatic carbocycles. The lowest BCUT2D eigenvalue weighted by Crippen LogP contribution is -2.24. The highest BCUT2D eigenvalue weighted by Gasteiger charge is 2.29. The average molecular weight is 486 g/mol. The van der Waals surface area contributed by atoms with E-state index in [4.69, 9.17) is 9.47 Å². The molecule has 0 saturated heterocycles. The average Bonchev–Trinajstić information content (AvgIpc) is 3.45. The molecule has 5 rings (SSSR count). The summed E-state index contributed by atoms with van der Waals surface area (Å²) in [5.41, 5.74) is 7.35. The Kier molecular flexibility index (Phi) is 5.55. The number of carbonyl (C=O) groups excluding carboxylic acids is 2. The number of Topliss-reactive ketones (excluding diaryl/α,β-unsaturated/α-hetero) is 1. The van der Waals surface area contributed by atoms with Crippen LogP contribution in [-0.2, 0) is 7.05 Å². The van der Waals surface area contributed by atoms with Gasteiger partial charge >= 0.3 is 6.03 Å². The maximum absolute atomic E-state index is 13.4. The van der Waals surface area contributed by atoms with E-state index in [1.165, 1.54) is 7.05 Å². The van der Waals surface area contributed by atoms with Crippen LogP contribution in [0.25, 0.3) is 28.2 Å². The highest BCUT2D eigenvalue weighted by Crippen LogP contribution is 2.40. The van der Waals surface area contributed by atoms with Crippen LogP contribution in [-0.4, -0.2) is 40.7 Å². The second-order valence-electron chi connectivity index (χ2n) is 8.80. The summed E-state index contributed by atoms with van der Waals surface area (Å²) in [5, 5.41) is 10.7. The van der Waals surface area contributed by atoms with Gasteiger partial charge in [0.15, 0.2) is 5.76 Å². The number of nitrogens with zero attached hydrogens (tertiary/aromatic N) is 2. The Balaban J connectivity index is 1.68. The Hall–Kier alpha value is -4.53. The van der Waals surface area contributed by atoms with E-state index in [-0.39, 0.29) is 17.6 Å². The van der Waals surface area contributed by atoms with Crippen molar-refractivity contribution in [3.05, 3.63) is 64.2 Å². The molecule has 184 valence electrons. The van der Waals surface area contributed by atoms with Crippen LogP contribution < -0.4 is 20.1 Å². The van der Waals surface area contributed by atoms with Gasteiger partial charge in [0, 0.05) is 47.5 Å². The van der Waals surface area contributed by atoms with Gasteiger partial charge in [-0.1, -0.05) is 0 Å². The Morgan fingerprint density at radius 3 is 2.64 bits per heavy atom. The van der Waals surface area contributed by atoms with Crippen LogP contribution in [0.2, 0.25) is 0 Å². The van der Waals surface area contributed by atoms with Gasteiger partial charge in [-0.15, -0.1) is 0 Å². The fraction of sp³-hybridized carbons (Fsp3) is 0.222. The van der Waals surface area contributed by atoms with Crippen molar-refractivity contribution in [2.24, 2.45) is 7.05 Å². The number of aromatic amines is 1. The van der Waals surface area contributed by atoms with Crippen LogP contribution in [0.3, 0.4) is 0 Å². The molecule has 0 bridgehead atoms. The predicted octanol–water partition coefficient (Wildman–Crippen LogP) is 4.87. The number of allylic oxidation sites excluding steroid dienone is 1. The van der Waals surface area contributed by atoms with Crippen LogP contribution in [0.4, 0.5) is 10.5 Å². The summed E-state index contributed by atoms with van der Waals surface area (Å²) in [6, 6.07) is 8.54. The van der Waals surface area contributed by atoms with Gasteiger partial charge in [0.1, 0.15) is 11.5 Å². The van der Waals surface area contributed by atoms with E-state index in [1.54, 1.807) is 31.4 Å². The molecule has 0 atom stereocenters. The molecule has 1 aliphatic heterocycles. The van der Waals surface area contributed by atoms with Crippen molar-refractivity contribution in [3.8, 4) is 22.8 Å². The van der Waals surface area contributed by atoms with E-state index in [2.05, 4.69) is 20.7 Å². The molecule has 0 radical (unpaired) electrons. The van der Waals surface area contributed by atoms with Crippen molar-refractivity contribution < 1.29 is 19.1 Å². The molecule has 36 heavy (non-hydrogen) atoms. The number of nitrogens with one attached hydrogen (secondary N) is 3. The topological polar surface area (TPSA) is 110 Å². The summed E-state index contributed by atoms with van der Waals surface area (Å²) in [5.74, 6) is 1.10. The quantitative estimate of drug-likeness (QED) is 0.357. The fourth-order valence-electron chi connectivity index (χ4n) is 4.65. The lowest BCUT2D eigenvalue weighted by Gasteiger charge is -2.05. The molecule has 1 aliphatic rings. The van der Waals surface area contributed by atoms with Crippen molar-refractivity contribution in [1.29, 1.82) is 0 Å². The highest BCUT2D eigenvalue weighted by molar-refractivity contribution is 6.16.